The van der Waals surface area contributed by atoms with Crippen molar-refractivity contribution in [2.24, 2.45) is 10.9 Å². The minimum Gasteiger partial charge on any atom is -0.465 e. The maximum Gasteiger partial charge on any atom is 0.315 e. The van der Waals surface area contributed by atoms with Gasteiger partial charge in [-0.1, -0.05) is 42.5 Å². The summed E-state index contributed by atoms with van der Waals surface area (Å²) in [5.74, 6) is -2.15. The number of ketones is 1. The van der Waals surface area contributed by atoms with Crippen LogP contribution in [0.2, 0.25) is 0 Å². The number of nitrogens with zero attached hydrogens (tertiary/aromatic N) is 1. The van der Waals surface area contributed by atoms with E-state index in [0.717, 1.165) is 5.56 Å². The molecule has 0 amide bonds. The van der Waals surface area contributed by atoms with E-state index >= 15 is 0 Å². The molecule has 1 heterocycles. The average Bonchev–Trinajstić information content (AvgIpc) is 2.73. The first-order valence-corrected chi connectivity index (χ1v) is 10.3. The predicted octanol–water partition coefficient (Wildman–Crippen LogP) is 4.96. The van der Waals surface area contributed by atoms with Crippen molar-refractivity contribution < 1.29 is 18.7 Å². The van der Waals surface area contributed by atoms with Crippen LogP contribution in [0.25, 0.3) is 0 Å². The smallest absolute Gasteiger partial charge is 0.315 e. The number of carbonyl (C=O) groups excluding carboxylic acids is 2. The van der Waals surface area contributed by atoms with Gasteiger partial charge in [0.25, 0.3) is 0 Å². The third-order valence-corrected chi connectivity index (χ3v) is 5.91. The van der Waals surface area contributed by atoms with Gasteiger partial charge in [0.15, 0.2) is 5.78 Å². The Bertz CT molecular complexity index is 1040. The summed E-state index contributed by atoms with van der Waals surface area (Å²) in [6.07, 6.45) is 0.961. The van der Waals surface area contributed by atoms with Crippen LogP contribution in [0.5, 0.6) is 0 Å². The zero-order valence-corrected chi connectivity index (χ0v) is 17.1. The van der Waals surface area contributed by atoms with Crippen LogP contribution < -0.4 is 0 Å². The minimum atomic E-state index is -0.734. The van der Waals surface area contributed by atoms with Gasteiger partial charge >= 0.3 is 5.97 Å². The van der Waals surface area contributed by atoms with Crippen molar-refractivity contribution in [3.63, 3.8) is 0 Å². The summed E-state index contributed by atoms with van der Waals surface area (Å²) in [6.45, 7) is 3.76. The molecule has 0 N–H and O–H groups in total. The second-order valence-electron chi connectivity index (χ2n) is 7.81. The Balaban J connectivity index is 1.81. The Hall–Kier alpha value is -3.08. The molecule has 1 aliphatic carbocycles. The van der Waals surface area contributed by atoms with Crippen LogP contribution in [0, 0.1) is 11.7 Å². The lowest BCUT2D eigenvalue weighted by molar-refractivity contribution is -0.146. The first kappa shape index (κ1) is 20.2. The number of hydrogen-bond acceptors (Lipinski definition) is 4. The zero-order chi connectivity index (χ0) is 21.3. The van der Waals surface area contributed by atoms with Gasteiger partial charge in [0, 0.05) is 29.3 Å². The first-order chi connectivity index (χ1) is 14.5. The molecule has 1 aliphatic heterocycles. The monoisotopic (exact) mass is 405 g/mol. The van der Waals surface area contributed by atoms with E-state index in [1.165, 1.54) is 12.1 Å². The number of halogens is 1. The second kappa shape index (κ2) is 8.34. The van der Waals surface area contributed by atoms with Crippen molar-refractivity contribution in [2.75, 3.05) is 6.61 Å². The lowest BCUT2D eigenvalue weighted by Crippen LogP contribution is -2.38. The molecule has 2 aromatic carbocycles. The highest BCUT2D eigenvalue weighted by Gasteiger charge is 2.44. The SMILES string of the molecule is CCOC(=O)C1C(C)=NC2=C(C(=O)C[C@H](c3ccccc3)C2)[C@@H]1c1cccc(F)c1. The molecule has 5 heteroatoms. The van der Waals surface area contributed by atoms with Gasteiger partial charge in [-0.3, -0.25) is 14.6 Å². The Morgan fingerprint density at radius 2 is 1.83 bits per heavy atom. The van der Waals surface area contributed by atoms with Crippen LogP contribution in [0.1, 0.15) is 49.7 Å². The minimum absolute atomic E-state index is 0.0371. The van der Waals surface area contributed by atoms with Crippen molar-refractivity contribution in [1.82, 2.24) is 0 Å². The number of carbonyl (C=O) groups is 2. The topological polar surface area (TPSA) is 55.7 Å². The molecule has 4 nitrogen and oxygen atoms in total. The van der Waals surface area contributed by atoms with E-state index in [-0.39, 0.29) is 18.3 Å². The molecule has 2 aliphatic rings. The van der Waals surface area contributed by atoms with Crippen LogP contribution in [-0.2, 0) is 14.3 Å². The molecule has 3 atom stereocenters. The summed E-state index contributed by atoms with van der Waals surface area (Å²) in [4.78, 5) is 30.8. The number of rotatable bonds is 4. The van der Waals surface area contributed by atoms with Gasteiger partial charge in [0.2, 0.25) is 0 Å². The lowest BCUT2D eigenvalue weighted by atomic mass is 9.69. The van der Waals surface area contributed by atoms with Gasteiger partial charge in [0.1, 0.15) is 11.7 Å². The fourth-order valence-corrected chi connectivity index (χ4v) is 4.62. The van der Waals surface area contributed by atoms with Gasteiger partial charge in [-0.15, -0.1) is 0 Å². The van der Waals surface area contributed by atoms with Crippen molar-refractivity contribution in [3.05, 3.63) is 82.8 Å². The van der Waals surface area contributed by atoms with E-state index in [0.29, 0.717) is 35.4 Å². The number of Topliss-reactive ketones (excluding diaryl/α,β-unsaturated/α-hetero) is 1. The molecule has 0 radical (unpaired) electrons. The molecule has 0 saturated carbocycles. The van der Waals surface area contributed by atoms with Crippen LogP contribution in [0.15, 0.2) is 70.9 Å². The number of hydrogen-bond donors (Lipinski definition) is 0. The number of ether oxygens (including phenoxy) is 1. The average molecular weight is 405 g/mol. The van der Waals surface area contributed by atoms with Crippen LogP contribution >= 0.6 is 0 Å². The third kappa shape index (κ3) is 3.72. The standard InChI is InChI=1S/C25H24FNO3/c1-3-30-25(29)22-15(2)27-20-13-18(16-8-5-4-6-9-16)14-21(28)24(20)23(22)17-10-7-11-19(26)12-17/h4-12,18,22-23H,3,13-14H2,1-2H3/t18-,22?,23-/m1/s1. The summed E-state index contributed by atoms with van der Waals surface area (Å²) < 4.78 is 19.3. The molecule has 0 fully saturated rings. The van der Waals surface area contributed by atoms with Crippen LogP contribution in [0.3, 0.4) is 0 Å². The van der Waals surface area contributed by atoms with Crippen LogP contribution in [-0.4, -0.2) is 24.1 Å². The molecular weight excluding hydrogens is 381 g/mol. The molecular formula is C25H24FNO3. The molecule has 0 aromatic heterocycles. The maximum absolute atomic E-state index is 14.1. The maximum atomic E-state index is 14.1. The largest absolute Gasteiger partial charge is 0.465 e. The van der Waals surface area contributed by atoms with E-state index < -0.39 is 23.6 Å². The molecule has 1 unspecified atom stereocenters. The quantitative estimate of drug-likeness (QED) is 0.676. The molecule has 4 rings (SSSR count). The van der Waals surface area contributed by atoms with Crippen molar-refractivity contribution >= 4 is 17.5 Å². The summed E-state index contributed by atoms with van der Waals surface area (Å²) in [5, 5.41) is 0. The fraction of sp³-hybridized carbons (Fsp3) is 0.320. The second-order valence-corrected chi connectivity index (χ2v) is 7.81. The molecule has 30 heavy (non-hydrogen) atoms. The van der Waals surface area contributed by atoms with Gasteiger partial charge in [-0.05, 0) is 49.4 Å². The molecule has 0 saturated heterocycles. The third-order valence-electron chi connectivity index (χ3n) is 5.91. The number of aliphatic imine (C=N–C) groups is 1. The predicted molar refractivity (Wildman–Crippen MR) is 113 cm³/mol. The summed E-state index contributed by atoms with van der Waals surface area (Å²) in [7, 11) is 0. The van der Waals surface area contributed by atoms with Gasteiger partial charge in [-0.25, -0.2) is 4.39 Å². The zero-order valence-electron chi connectivity index (χ0n) is 17.1. The Labute approximate surface area is 175 Å². The highest BCUT2D eigenvalue weighted by atomic mass is 19.1. The molecule has 2 aromatic rings. The van der Waals surface area contributed by atoms with Gasteiger partial charge in [0.05, 0.1) is 6.61 Å². The number of esters is 1. The van der Waals surface area contributed by atoms with E-state index in [2.05, 4.69) is 0 Å². The number of benzene rings is 2. The van der Waals surface area contributed by atoms with E-state index in [9.17, 15) is 14.0 Å². The van der Waals surface area contributed by atoms with Gasteiger partial charge < -0.3 is 4.74 Å². The lowest BCUT2D eigenvalue weighted by Gasteiger charge is -2.36. The number of allylic oxidation sites excluding steroid dienone is 2. The first-order valence-electron chi connectivity index (χ1n) is 10.3. The molecule has 0 bridgehead atoms. The van der Waals surface area contributed by atoms with Gasteiger partial charge in [-0.2, -0.15) is 0 Å². The van der Waals surface area contributed by atoms with Crippen molar-refractivity contribution in [3.8, 4) is 0 Å². The summed E-state index contributed by atoms with van der Waals surface area (Å²) in [5.41, 5.74) is 3.52. The van der Waals surface area contributed by atoms with E-state index in [1.807, 2.05) is 30.3 Å². The normalized spacial score (nSPS) is 23.6. The Kier molecular flexibility index (Phi) is 5.62. The van der Waals surface area contributed by atoms with Crippen molar-refractivity contribution in [2.45, 2.75) is 38.5 Å². The fourth-order valence-electron chi connectivity index (χ4n) is 4.62. The summed E-state index contributed by atoms with van der Waals surface area (Å²) in [6, 6.07) is 16.0. The molecule has 0 spiro atoms. The van der Waals surface area contributed by atoms with E-state index in [4.69, 9.17) is 9.73 Å². The highest BCUT2D eigenvalue weighted by Crippen LogP contribution is 2.46. The van der Waals surface area contributed by atoms with Crippen LogP contribution in [0.4, 0.5) is 4.39 Å². The Morgan fingerprint density at radius 1 is 1.10 bits per heavy atom. The van der Waals surface area contributed by atoms with E-state index in [1.54, 1.807) is 26.0 Å². The van der Waals surface area contributed by atoms with Crippen molar-refractivity contribution in [1.29, 1.82) is 0 Å². The highest BCUT2D eigenvalue weighted by molar-refractivity contribution is 6.09. The summed E-state index contributed by atoms with van der Waals surface area (Å²) >= 11 is 0. The Morgan fingerprint density at radius 3 is 2.53 bits per heavy atom. The molecule has 154 valence electrons.